The third-order valence-electron chi connectivity index (χ3n) is 9.04. The topological polar surface area (TPSA) is 0 Å². The molecule has 3 aliphatic carbocycles. The lowest BCUT2D eigenvalue weighted by molar-refractivity contribution is 0.0711. The number of rotatable bonds is 6. The van der Waals surface area contributed by atoms with Crippen LogP contribution in [0.1, 0.15) is 114 Å². The van der Waals surface area contributed by atoms with Gasteiger partial charge in [0, 0.05) is 5.56 Å². The molecule has 3 fully saturated rings. The molecule has 2 heteroatoms. The van der Waals surface area contributed by atoms with Crippen LogP contribution < -0.4 is 0 Å². The van der Waals surface area contributed by atoms with Gasteiger partial charge in [-0.05, 0) is 111 Å². The first-order chi connectivity index (χ1) is 14.6. The lowest BCUT2D eigenvalue weighted by Crippen LogP contribution is -2.34. The zero-order valence-electron chi connectivity index (χ0n) is 19.3. The summed E-state index contributed by atoms with van der Waals surface area (Å²) in [6, 6.07) is 3.30. The van der Waals surface area contributed by atoms with Crippen molar-refractivity contribution in [1.82, 2.24) is 0 Å². The molecule has 4 unspecified atom stereocenters. The predicted octanol–water partition coefficient (Wildman–Crippen LogP) is 8.82. The number of hydrogen-bond acceptors (Lipinski definition) is 0. The Morgan fingerprint density at radius 2 is 1.27 bits per heavy atom. The lowest BCUT2D eigenvalue weighted by atomic mass is 9.60. The Balaban J connectivity index is 1.33. The van der Waals surface area contributed by atoms with Gasteiger partial charge in [-0.15, -0.1) is 0 Å². The third kappa shape index (κ3) is 4.94. The third-order valence-corrected chi connectivity index (χ3v) is 9.04. The normalized spacial score (nSPS) is 34.5. The van der Waals surface area contributed by atoms with Crippen LogP contribution in [0.4, 0.5) is 8.78 Å². The standard InChI is InChI=1S/C28H42F2/c1-3-5-19-7-9-20(10-8-19)21-11-12-23-16-24(14-13-22(23)15-21)25-17-27(29)26(6-4-2)28(30)18-25/h17-24H,3-16H2,1-2H3. The molecule has 30 heavy (non-hydrogen) atoms. The minimum Gasteiger partial charge on any atom is -0.207 e. The maximum atomic E-state index is 14.5. The van der Waals surface area contributed by atoms with Crippen molar-refractivity contribution in [1.29, 1.82) is 0 Å². The van der Waals surface area contributed by atoms with Crippen molar-refractivity contribution in [3.05, 3.63) is 34.9 Å². The van der Waals surface area contributed by atoms with Gasteiger partial charge in [-0.25, -0.2) is 8.78 Å². The lowest BCUT2D eigenvalue weighted by Gasteiger charge is -2.45. The van der Waals surface area contributed by atoms with Crippen molar-refractivity contribution in [2.45, 2.75) is 110 Å². The van der Waals surface area contributed by atoms with E-state index in [1.54, 1.807) is 12.1 Å². The van der Waals surface area contributed by atoms with E-state index in [4.69, 9.17) is 0 Å². The van der Waals surface area contributed by atoms with Crippen LogP contribution in [0.25, 0.3) is 0 Å². The fourth-order valence-corrected chi connectivity index (χ4v) is 7.36. The van der Waals surface area contributed by atoms with Gasteiger partial charge in [-0.3, -0.25) is 0 Å². The van der Waals surface area contributed by atoms with Gasteiger partial charge in [-0.2, -0.15) is 0 Å². The molecule has 0 aliphatic heterocycles. The highest BCUT2D eigenvalue weighted by Gasteiger charge is 2.39. The van der Waals surface area contributed by atoms with E-state index in [1.807, 2.05) is 6.92 Å². The van der Waals surface area contributed by atoms with Crippen LogP contribution in [0.5, 0.6) is 0 Å². The van der Waals surface area contributed by atoms with E-state index in [9.17, 15) is 8.78 Å². The molecule has 0 N–H and O–H groups in total. The van der Waals surface area contributed by atoms with Crippen molar-refractivity contribution < 1.29 is 8.78 Å². The van der Waals surface area contributed by atoms with Crippen LogP contribution in [-0.4, -0.2) is 0 Å². The van der Waals surface area contributed by atoms with Crippen molar-refractivity contribution in [3.8, 4) is 0 Å². The Bertz CT molecular complexity index is 665. The molecule has 0 radical (unpaired) electrons. The smallest absolute Gasteiger partial charge is 0.129 e. The summed E-state index contributed by atoms with van der Waals surface area (Å²) in [6.07, 6.45) is 17.6. The molecule has 1 aromatic carbocycles. The van der Waals surface area contributed by atoms with E-state index in [2.05, 4.69) is 6.92 Å². The molecular weight excluding hydrogens is 374 g/mol. The first-order valence-electron chi connectivity index (χ1n) is 13.1. The zero-order valence-corrected chi connectivity index (χ0v) is 19.3. The van der Waals surface area contributed by atoms with Gasteiger partial charge in [0.1, 0.15) is 11.6 Å². The maximum absolute atomic E-state index is 14.5. The summed E-state index contributed by atoms with van der Waals surface area (Å²) < 4.78 is 29.0. The SMILES string of the molecule is CCCc1c(F)cc(C2CCC3CC(C4CCC(CCC)CC4)CCC3C2)cc1F. The van der Waals surface area contributed by atoms with E-state index in [1.165, 1.54) is 64.2 Å². The molecule has 0 heterocycles. The fourth-order valence-electron chi connectivity index (χ4n) is 7.36. The summed E-state index contributed by atoms with van der Waals surface area (Å²) in [5, 5.41) is 0. The van der Waals surface area contributed by atoms with Gasteiger partial charge in [0.25, 0.3) is 0 Å². The Kier molecular flexibility index (Phi) is 7.53. The molecule has 4 rings (SSSR count). The highest BCUT2D eigenvalue weighted by atomic mass is 19.1. The largest absolute Gasteiger partial charge is 0.207 e. The molecular formula is C28H42F2. The highest BCUT2D eigenvalue weighted by molar-refractivity contribution is 5.29. The number of benzene rings is 1. The molecule has 0 saturated heterocycles. The van der Waals surface area contributed by atoms with Crippen LogP contribution in [0.15, 0.2) is 12.1 Å². The van der Waals surface area contributed by atoms with Gasteiger partial charge >= 0.3 is 0 Å². The Morgan fingerprint density at radius 1 is 0.700 bits per heavy atom. The highest BCUT2D eigenvalue weighted by Crippen LogP contribution is 2.51. The molecule has 3 saturated carbocycles. The van der Waals surface area contributed by atoms with E-state index in [0.29, 0.717) is 12.3 Å². The van der Waals surface area contributed by atoms with Crippen LogP contribution in [0, 0.1) is 41.2 Å². The Labute approximate surface area is 183 Å². The summed E-state index contributed by atoms with van der Waals surface area (Å²) in [4.78, 5) is 0. The van der Waals surface area contributed by atoms with E-state index in [-0.39, 0.29) is 17.2 Å². The summed E-state index contributed by atoms with van der Waals surface area (Å²) >= 11 is 0. The van der Waals surface area contributed by atoms with Crippen LogP contribution in [-0.2, 0) is 6.42 Å². The molecule has 1 aromatic rings. The van der Waals surface area contributed by atoms with Crippen molar-refractivity contribution in [2.24, 2.45) is 29.6 Å². The second-order valence-electron chi connectivity index (χ2n) is 10.9. The van der Waals surface area contributed by atoms with Gasteiger partial charge < -0.3 is 0 Å². The van der Waals surface area contributed by atoms with Crippen LogP contribution >= 0.6 is 0 Å². The van der Waals surface area contributed by atoms with E-state index in [0.717, 1.165) is 54.4 Å². The summed E-state index contributed by atoms with van der Waals surface area (Å²) in [5.74, 6) is 4.28. The molecule has 0 nitrogen and oxygen atoms in total. The number of halogens is 2. The minimum absolute atomic E-state index is 0.282. The first-order valence-corrected chi connectivity index (χ1v) is 13.1. The zero-order chi connectivity index (χ0) is 21.1. The van der Waals surface area contributed by atoms with E-state index >= 15 is 0 Å². The second-order valence-corrected chi connectivity index (χ2v) is 10.9. The maximum Gasteiger partial charge on any atom is 0.129 e. The quantitative estimate of drug-likeness (QED) is 0.434. The predicted molar refractivity (Wildman–Crippen MR) is 122 cm³/mol. The molecule has 0 amide bonds. The Hall–Kier alpha value is -0.920. The summed E-state index contributed by atoms with van der Waals surface area (Å²) in [7, 11) is 0. The number of fused-ring (bicyclic) bond motifs is 1. The van der Waals surface area contributed by atoms with Crippen LogP contribution in [0.3, 0.4) is 0 Å². The molecule has 4 atom stereocenters. The molecule has 3 aliphatic rings. The van der Waals surface area contributed by atoms with Crippen LogP contribution in [0.2, 0.25) is 0 Å². The van der Waals surface area contributed by atoms with Gasteiger partial charge in [0.15, 0.2) is 0 Å². The molecule has 0 aromatic heterocycles. The Morgan fingerprint density at radius 3 is 1.90 bits per heavy atom. The van der Waals surface area contributed by atoms with Crippen molar-refractivity contribution >= 4 is 0 Å². The fraction of sp³-hybridized carbons (Fsp3) is 0.786. The minimum atomic E-state index is -0.323. The van der Waals surface area contributed by atoms with Gasteiger partial charge in [0.2, 0.25) is 0 Å². The molecule has 0 spiro atoms. The second kappa shape index (κ2) is 10.1. The summed E-state index contributed by atoms with van der Waals surface area (Å²) in [6.45, 7) is 4.30. The van der Waals surface area contributed by atoms with Crippen molar-refractivity contribution in [3.63, 3.8) is 0 Å². The number of hydrogen-bond donors (Lipinski definition) is 0. The molecule has 168 valence electrons. The average Bonchev–Trinajstić information content (AvgIpc) is 2.76. The van der Waals surface area contributed by atoms with Gasteiger partial charge in [-0.1, -0.05) is 46.0 Å². The average molecular weight is 417 g/mol. The monoisotopic (exact) mass is 416 g/mol. The van der Waals surface area contributed by atoms with E-state index < -0.39 is 0 Å². The van der Waals surface area contributed by atoms with Gasteiger partial charge in [0.05, 0.1) is 0 Å². The molecule has 0 bridgehead atoms. The van der Waals surface area contributed by atoms with Crippen molar-refractivity contribution in [2.75, 3.05) is 0 Å². The summed E-state index contributed by atoms with van der Waals surface area (Å²) in [5.41, 5.74) is 1.20. The first kappa shape index (κ1) is 22.3.